The molecule has 8 heteroatoms. The molecule has 3 N–H and O–H groups in total. The van der Waals surface area contributed by atoms with E-state index in [-0.39, 0.29) is 22.0 Å². The van der Waals surface area contributed by atoms with Gasteiger partial charge >= 0.3 is 5.97 Å². The highest BCUT2D eigenvalue weighted by molar-refractivity contribution is 6.31. The predicted molar refractivity (Wildman–Crippen MR) is 71.2 cm³/mol. The number of H-pyrrole nitrogens is 1. The molecule has 1 amide bonds. The first-order valence-corrected chi connectivity index (χ1v) is 5.74. The van der Waals surface area contributed by atoms with Crippen molar-refractivity contribution in [3.05, 3.63) is 57.2 Å². The van der Waals surface area contributed by atoms with Crippen LogP contribution in [0.2, 0.25) is 5.02 Å². The summed E-state index contributed by atoms with van der Waals surface area (Å²) in [6, 6.07) is 3.99. The van der Waals surface area contributed by atoms with Crippen LogP contribution in [0.5, 0.6) is 0 Å². The maximum absolute atomic E-state index is 11.9. The number of aromatic carboxylic acids is 1. The van der Waals surface area contributed by atoms with Crippen LogP contribution in [0.25, 0.3) is 0 Å². The molecule has 0 saturated carbocycles. The zero-order valence-corrected chi connectivity index (χ0v) is 10.6. The Balaban J connectivity index is 2.32. The number of nitrogens with zero attached hydrogens (tertiary/aromatic N) is 1. The molecule has 0 fully saturated rings. The first-order chi connectivity index (χ1) is 9.47. The Morgan fingerprint density at radius 3 is 2.70 bits per heavy atom. The summed E-state index contributed by atoms with van der Waals surface area (Å²) < 4.78 is 0. The number of aromatic amines is 1. The van der Waals surface area contributed by atoms with Crippen LogP contribution >= 0.6 is 11.6 Å². The maximum atomic E-state index is 11.9. The summed E-state index contributed by atoms with van der Waals surface area (Å²) in [6.45, 7) is 0. The predicted octanol–water partition coefficient (Wildman–Crippen LogP) is 1.37. The molecule has 1 aromatic heterocycles. The number of hydrogen-bond donors (Lipinski definition) is 3. The summed E-state index contributed by atoms with van der Waals surface area (Å²) in [7, 11) is 0. The molecule has 102 valence electrons. The molecule has 1 aromatic carbocycles. The minimum Gasteiger partial charge on any atom is -0.478 e. The van der Waals surface area contributed by atoms with Gasteiger partial charge in [0.1, 0.15) is 5.69 Å². The molecule has 0 atom stereocenters. The van der Waals surface area contributed by atoms with Crippen LogP contribution in [0.1, 0.15) is 20.8 Å². The summed E-state index contributed by atoms with van der Waals surface area (Å²) in [6.07, 6.45) is 2.08. The molecule has 0 saturated heterocycles. The monoisotopic (exact) mass is 293 g/mol. The van der Waals surface area contributed by atoms with E-state index >= 15 is 0 Å². The molecule has 2 rings (SSSR count). The third kappa shape index (κ3) is 3.01. The summed E-state index contributed by atoms with van der Waals surface area (Å²) in [4.78, 5) is 39.7. The molecule has 0 unspecified atom stereocenters. The lowest BCUT2D eigenvalue weighted by Gasteiger charge is -2.08. The number of anilines is 1. The van der Waals surface area contributed by atoms with Gasteiger partial charge in [-0.1, -0.05) is 11.6 Å². The van der Waals surface area contributed by atoms with Gasteiger partial charge < -0.3 is 15.4 Å². The van der Waals surface area contributed by atoms with Crippen LogP contribution in [-0.2, 0) is 0 Å². The van der Waals surface area contributed by atoms with Crippen molar-refractivity contribution in [2.75, 3.05) is 5.32 Å². The fraction of sp³-hybridized carbons (Fsp3) is 0. The van der Waals surface area contributed by atoms with E-state index in [1.165, 1.54) is 18.2 Å². The number of rotatable bonds is 3. The van der Waals surface area contributed by atoms with E-state index < -0.39 is 17.4 Å². The van der Waals surface area contributed by atoms with Crippen LogP contribution in [-0.4, -0.2) is 27.0 Å². The highest BCUT2D eigenvalue weighted by Crippen LogP contribution is 2.21. The van der Waals surface area contributed by atoms with Crippen molar-refractivity contribution >= 4 is 29.2 Å². The standard InChI is InChI=1S/C12H8ClN3O4/c13-6-1-2-7(12(19)20)8(3-6)16-11(18)9-4-15-10(17)5-14-9/h1-5H,(H,15,17)(H,16,18)(H,19,20). The summed E-state index contributed by atoms with van der Waals surface area (Å²) >= 11 is 5.76. The number of carboxylic acid groups (broad SMARTS) is 1. The van der Waals surface area contributed by atoms with Crippen molar-refractivity contribution in [2.24, 2.45) is 0 Å². The van der Waals surface area contributed by atoms with Crippen molar-refractivity contribution in [1.29, 1.82) is 0 Å². The number of benzene rings is 1. The van der Waals surface area contributed by atoms with Crippen LogP contribution in [0, 0.1) is 0 Å². The highest BCUT2D eigenvalue weighted by atomic mass is 35.5. The number of halogens is 1. The van der Waals surface area contributed by atoms with Gasteiger partial charge in [0.2, 0.25) is 0 Å². The lowest BCUT2D eigenvalue weighted by Crippen LogP contribution is -2.18. The van der Waals surface area contributed by atoms with Gasteiger partial charge in [-0.25, -0.2) is 9.78 Å². The molecule has 0 spiro atoms. The van der Waals surface area contributed by atoms with Crippen LogP contribution in [0.3, 0.4) is 0 Å². The van der Waals surface area contributed by atoms with E-state index in [1.807, 2.05) is 0 Å². The van der Waals surface area contributed by atoms with Gasteiger partial charge in [0.25, 0.3) is 11.5 Å². The second-order valence-electron chi connectivity index (χ2n) is 3.75. The van der Waals surface area contributed by atoms with Crippen LogP contribution < -0.4 is 10.9 Å². The third-order valence-corrected chi connectivity index (χ3v) is 2.60. The van der Waals surface area contributed by atoms with Gasteiger partial charge in [0.15, 0.2) is 0 Å². The quantitative estimate of drug-likeness (QED) is 0.791. The summed E-state index contributed by atoms with van der Waals surface area (Å²) in [5.74, 6) is -1.86. The van der Waals surface area contributed by atoms with E-state index in [0.717, 1.165) is 12.4 Å². The fourth-order valence-corrected chi connectivity index (χ4v) is 1.63. The zero-order chi connectivity index (χ0) is 14.7. The number of amides is 1. The number of hydrogen-bond acceptors (Lipinski definition) is 4. The Labute approximate surface area is 117 Å². The Morgan fingerprint density at radius 1 is 1.35 bits per heavy atom. The first-order valence-electron chi connectivity index (χ1n) is 5.36. The van der Waals surface area contributed by atoms with Crippen molar-refractivity contribution in [1.82, 2.24) is 9.97 Å². The number of nitrogens with one attached hydrogen (secondary N) is 2. The second-order valence-corrected chi connectivity index (χ2v) is 4.18. The van der Waals surface area contributed by atoms with Crippen LogP contribution in [0.15, 0.2) is 35.4 Å². The van der Waals surface area contributed by atoms with Gasteiger partial charge in [-0.3, -0.25) is 9.59 Å². The summed E-state index contributed by atoms with van der Waals surface area (Å²) in [5.41, 5.74) is -0.563. The minimum atomic E-state index is -1.20. The third-order valence-electron chi connectivity index (χ3n) is 2.36. The lowest BCUT2D eigenvalue weighted by molar-refractivity contribution is 0.0698. The van der Waals surface area contributed by atoms with Crippen LogP contribution in [0.4, 0.5) is 5.69 Å². The molecule has 0 aliphatic rings. The smallest absolute Gasteiger partial charge is 0.337 e. The van der Waals surface area contributed by atoms with E-state index in [9.17, 15) is 14.4 Å². The summed E-state index contributed by atoms with van der Waals surface area (Å²) in [5, 5.41) is 11.7. The molecular weight excluding hydrogens is 286 g/mol. The normalized spacial score (nSPS) is 10.1. The minimum absolute atomic E-state index is 0.0444. The van der Waals surface area contributed by atoms with E-state index in [2.05, 4.69) is 15.3 Å². The lowest BCUT2D eigenvalue weighted by atomic mass is 10.1. The molecule has 0 aliphatic carbocycles. The van der Waals surface area contributed by atoms with Crippen molar-refractivity contribution < 1.29 is 14.7 Å². The van der Waals surface area contributed by atoms with Gasteiger partial charge in [-0.2, -0.15) is 0 Å². The number of aromatic nitrogens is 2. The molecule has 1 heterocycles. The van der Waals surface area contributed by atoms with Gasteiger partial charge in [0.05, 0.1) is 17.4 Å². The fourth-order valence-electron chi connectivity index (χ4n) is 1.46. The van der Waals surface area contributed by atoms with Gasteiger partial charge in [-0.05, 0) is 18.2 Å². The molecule has 7 nitrogen and oxygen atoms in total. The highest BCUT2D eigenvalue weighted by Gasteiger charge is 2.14. The number of carboxylic acids is 1. The maximum Gasteiger partial charge on any atom is 0.337 e. The molecule has 0 bridgehead atoms. The first kappa shape index (κ1) is 13.8. The second kappa shape index (κ2) is 5.54. The average molecular weight is 294 g/mol. The Kier molecular flexibility index (Phi) is 3.81. The van der Waals surface area contributed by atoms with E-state index in [4.69, 9.17) is 16.7 Å². The van der Waals surface area contributed by atoms with Gasteiger partial charge in [-0.15, -0.1) is 0 Å². The van der Waals surface area contributed by atoms with E-state index in [0.29, 0.717) is 0 Å². The molecule has 20 heavy (non-hydrogen) atoms. The number of carbonyl (C=O) groups excluding carboxylic acids is 1. The number of carbonyl (C=O) groups is 2. The Morgan fingerprint density at radius 2 is 2.10 bits per heavy atom. The van der Waals surface area contributed by atoms with Crippen molar-refractivity contribution in [3.8, 4) is 0 Å². The van der Waals surface area contributed by atoms with E-state index in [1.54, 1.807) is 0 Å². The topological polar surface area (TPSA) is 112 Å². The molecular formula is C12H8ClN3O4. The SMILES string of the molecule is O=C(Nc1cc(Cl)ccc1C(=O)O)c1c[nH]c(=O)cn1. The largest absolute Gasteiger partial charge is 0.478 e. The Bertz CT molecular complexity index is 721. The zero-order valence-electron chi connectivity index (χ0n) is 9.88. The van der Waals surface area contributed by atoms with Crippen molar-refractivity contribution in [2.45, 2.75) is 0 Å². The molecule has 0 aliphatic heterocycles. The Hall–Kier alpha value is -2.67. The van der Waals surface area contributed by atoms with Gasteiger partial charge in [0, 0.05) is 11.2 Å². The average Bonchev–Trinajstić information content (AvgIpc) is 2.39. The van der Waals surface area contributed by atoms with Crippen molar-refractivity contribution in [3.63, 3.8) is 0 Å². The molecule has 2 aromatic rings. The molecule has 0 radical (unpaired) electrons.